The summed E-state index contributed by atoms with van der Waals surface area (Å²) in [5, 5.41) is 0. The molecule has 2 heteroatoms. The molecule has 3 rings (SSSR count). The van der Waals surface area contributed by atoms with Gasteiger partial charge in [-0.25, -0.2) is 0 Å². The first kappa shape index (κ1) is 19.4. The molecule has 2 nitrogen and oxygen atoms in total. The number of rotatable bonds is 6. The van der Waals surface area contributed by atoms with E-state index in [4.69, 9.17) is 4.74 Å². The van der Waals surface area contributed by atoms with E-state index < -0.39 is 0 Å². The van der Waals surface area contributed by atoms with E-state index in [1.54, 1.807) is 0 Å². The zero-order valence-electron chi connectivity index (χ0n) is 16.6. The van der Waals surface area contributed by atoms with Crippen LogP contribution in [0.4, 0.5) is 0 Å². The Hall–Kier alpha value is -3.39. The molecule has 0 N–H and O–H groups in total. The van der Waals surface area contributed by atoms with Gasteiger partial charge in [0.2, 0.25) is 0 Å². The molecule has 0 atom stereocenters. The highest BCUT2D eigenvalue weighted by atomic mass is 16.5. The summed E-state index contributed by atoms with van der Waals surface area (Å²) in [7, 11) is 0. The predicted molar refractivity (Wildman–Crippen MR) is 119 cm³/mol. The molecule has 0 fully saturated rings. The Morgan fingerprint density at radius 2 is 1.75 bits per heavy atom. The molecule has 0 unspecified atom stereocenters. The Morgan fingerprint density at radius 1 is 1.00 bits per heavy atom. The van der Waals surface area contributed by atoms with E-state index in [1.165, 1.54) is 0 Å². The van der Waals surface area contributed by atoms with Crippen molar-refractivity contribution in [2.45, 2.75) is 20.8 Å². The van der Waals surface area contributed by atoms with Crippen LogP contribution in [0.25, 0.3) is 16.8 Å². The molecule has 0 spiro atoms. The van der Waals surface area contributed by atoms with Crippen LogP contribution in [0.5, 0.6) is 11.5 Å². The molecular formula is C26H25NO. The van der Waals surface area contributed by atoms with Crippen LogP contribution in [0.15, 0.2) is 97.2 Å². The molecule has 0 amide bonds. The van der Waals surface area contributed by atoms with Crippen LogP contribution < -0.4 is 4.74 Å². The van der Waals surface area contributed by atoms with Crippen molar-refractivity contribution < 1.29 is 4.74 Å². The maximum absolute atomic E-state index is 6.14. The lowest BCUT2D eigenvalue weighted by molar-refractivity contribution is 0.483. The normalized spacial score (nSPS) is 11.6. The third kappa shape index (κ3) is 4.86. The number of hydrogen-bond acceptors (Lipinski definition) is 2. The minimum Gasteiger partial charge on any atom is -0.457 e. The van der Waals surface area contributed by atoms with Crippen LogP contribution >= 0.6 is 0 Å². The van der Waals surface area contributed by atoms with Gasteiger partial charge in [-0.15, -0.1) is 0 Å². The second-order valence-electron chi connectivity index (χ2n) is 6.76. The molecule has 0 aliphatic heterocycles. The van der Waals surface area contributed by atoms with Gasteiger partial charge in [0.15, 0.2) is 0 Å². The fraction of sp³-hybridized carbons (Fsp3) is 0.115. The number of benzene rings is 2. The lowest BCUT2D eigenvalue weighted by Crippen LogP contribution is -1.90. The van der Waals surface area contributed by atoms with Gasteiger partial charge in [-0.3, -0.25) is 4.98 Å². The fourth-order valence-electron chi connectivity index (χ4n) is 2.90. The monoisotopic (exact) mass is 367 g/mol. The Kier molecular flexibility index (Phi) is 6.23. The summed E-state index contributed by atoms with van der Waals surface area (Å²) >= 11 is 0. The molecule has 0 saturated carbocycles. The van der Waals surface area contributed by atoms with E-state index in [2.05, 4.69) is 29.8 Å². The number of ether oxygens (including phenoxy) is 1. The van der Waals surface area contributed by atoms with E-state index in [-0.39, 0.29) is 0 Å². The number of aryl methyl sites for hydroxylation is 1. The second-order valence-corrected chi connectivity index (χ2v) is 6.76. The molecule has 3 aromatic rings. The molecule has 0 radical (unpaired) electrons. The Balaban J connectivity index is 1.87. The van der Waals surface area contributed by atoms with Crippen molar-refractivity contribution in [1.82, 2.24) is 4.98 Å². The van der Waals surface area contributed by atoms with Crippen molar-refractivity contribution in [1.29, 1.82) is 0 Å². The summed E-state index contributed by atoms with van der Waals surface area (Å²) < 4.78 is 6.14. The number of hydrogen-bond donors (Lipinski definition) is 0. The third-order valence-electron chi connectivity index (χ3n) is 4.34. The van der Waals surface area contributed by atoms with Crippen LogP contribution in [0.1, 0.15) is 25.0 Å². The first-order chi connectivity index (χ1) is 13.6. The summed E-state index contributed by atoms with van der Waals surface area (Å²) in [6.45, 7) is 10.2. The zero-order chi connectivity index (χ0) is 19.9. The van der Waals surface area contributed by atoms with Crippen LogP contribution in [0.2, 0.25) is 0 Å². The quantitative estimate of drug-likeness (QED) is 0.424. The first-order valence-electron chi connectivity index (χ1n) is 9.37. The number of allylic oxidation sites excluding steroid dienone is 5. The molecule has 1 aromatic heterocycles. The van der Waals surface area contributed by atoms with Crippen molar-refractivity contribution in [3.05, 3.63) is 108 Å². The lowest BCUT2D eigenvalue weighted by atomic mass is 9.99. The largest absolute Gasteiger partial charge is 0.457 e. The van der Waals surface area contributed by atoms with Crippen molar-refractivity contribution in [3.63, 3.8) is 0 Å². The average molecular weight is 367 g/mol. The van der Waals surface area contributed by atoms with Crippen molar-refractivity contribution in [2.75, 3.05) is 0 Å². The zero-order valence-corrected chi connectivity index (χ0v) is 16.6. The molecule has 0 saturated heterocycles. The molecule has 1 heterocycles. The first-order valence-corrected chi connectivity index (χ1v) is 9.37. The minimum absolute atomic E-state index is 0.784. The maximum Gasteiger partial charge on any atom is 0.128 e. The SMILES string of the molecule is C=C(C)/C(=C\C=C/C)c1cccc(Oc2cccc(-c3ccc(C)cn3)c2)c1. The van der Waals surface area contributed by atoms with E-state index >= 15 is 0 Å². The third-order valence-corrected chi connectivity index (χ3v) is 4.34. The second kappa shape index (κ2) is 9.01. The van der Waals surface area contributed by atoms with E-state index in [0.29, 0.717) is 0 Å². The van der Waals surface area contributed by atoms with Gasteiger partial charge in [-0.1, -0.05) is 60.7 Å². The summed E-state index contributed by atoms with van der Waals surface area (Å²) in [6, 6.07) is 20.2. The van der Waals surface area contributed by atoms with Crippen LogP contribution in [-0.4, -0.2) is 4.98 Å². The summed E-state index contributed by atoms with van der Waals surface area (Å²) in [5.74, 6) is 1.57. The van der Waals surface area contributed by atoms with Crippen molar-refractivity contribution >= 4 is 5.57 Å². The summed E-state index contributed by atoms with van der Waals surface area (Å²) in [4.78, 5) is 4.50. The van der Waals surface area contributed by atoms with Gasteiger partial charge >= 0.3 is 0 Å². The molecular weight excluding hydrogens is 342 g/mol. The van der Waals surface area contributed by atoms with Crippen LogP contribution in [0, 0.1) is 6.92 Å². The number of pyridine rings is 1. The summed E-state index contributed by atoms with van der Waals surface area (Å²) in [6.07, 6.45) is 7.98. The Morgan fingerprint density at radius 3 is 2.43 bits per heavy atom. The highest BCUT2D eigenvalue weighted by molar-refractivity contribution is 5.79. The Labute approximate surface area is 167 Å². The van der Waals surface area contributed by atoms with Gasteiger partial charge in [0, 0.05) is 11.8 Å². The standard InChI is InChI=1S/C26H25NO/c1-5-6-13-25(19(2)3)21-9-7-11-23(16-21)28-24-12-8-10-22(17-24)26-15-14-20(4)18-27-26/h5-18H,2H2,1,3-4H3/b6-5-,25-13+. The van der Waals surface area contributed by atoms with Gasteiger partial charge in [0.05, 0.1) is 5.69 Å². The van der Waals surface area contributed by atoms with Gasteiger partial charge in [-0.2, -0.15) is 0 Å². The number of aromatic nitrogens is 1. The van der Waals surface area contributed by atoms with Crippen LogP contribution in [-0.2, 0) is 0 Å². The molecule has 28 heavy (non-hydrogen) atoms. The van der Waals surface area contributed by atoms with Crippen molar-refractivity contribution in [2.24, 2.45) is 0 Å². The van der Waals surface area contributed by atoms with Gasteiger partial charge in [0.25, 0.3) is 0 Å². The van der Waals surface area contributed by atoms with E-state index in [1.807, 2.05) is 87.7 Å². The van der Waals surface area contributed by atoms with Crippen LogP contribution in [0.3, 0.4) is 0 Å². The van der Waals surface area contributed by atoms with E-state index in [9.17, 15) is 0 Å². The maximum atomic E-state index is 6.14. The summed E-state index contributed by atoms with van der Waals surface area (Å²) in [5.41, 5.74) is 6.31. The minimum atomic E-state index is 0.784. The Bertz CT molecular complexity index is 1030. The van der Waals surface area contributed by atoms with Gasteiger partial charge in [-0.05, 0) is 67.8 Å². The number of nitrogens with zero attached hydrogens (tertiary/aromatic N) is 1. The predicted octanol–water partition coefficient (Wildman–Crippen LogP) is 7.38. The van der Waals surface area contributed by atoms with Gasteiger partial charge < -0.3 is 4.74 Å². The highest BCUT2D eigenvalue weighted by Gasteiger charge is 2.06. The van der Waals surface area contributed by atoms with E-state index in [0.717, 1.165) is 45.0 Å². The molecule has 0 aliphatic rings. The molecule has 0 aliphatic carbocycles. The van der Waals surface area contributed by atoms with Gasteiger partial charge in [0.1, 0.15) is 11.5 Å². The lowest BCUT2D eigenvalue weighted by Gasteiger charge is -2.11. The smallest absolute Gasteiger partial charge is 0.128 e. The molecule has 0 bridgehead atoms. The average Bonchev–Trinajstić information content (AvgIpc) is 2.69. The highest BCUT2D eigenvalue weighted by Crippen LogP contribution is 2.30. The topological polar surface area (TPSA) is 22.1 Å². The van der Waals surface area contributed by atoms with Crippen molar-refractivity contribution in [3.8, 4) is 22.8 Å². The molecule has 2 aromatic carbocycles. The molecule has 140 valence electrons. The fourth-order valence-corrected chi connectivity index (χ4v) is 2.90.